The third-order valence-corrected chi connectivity index (χ3v) is 4.75. The van der Waals surface area contributed by atoms with Crippen LogP contribution in [0.4, 0.5) is 5.69 Å². The Labute approximate surface area is 158 Å². The molecule has 0 fully saturated rings. The van der Waals surface area contributed by atoms with Crippen molar-refractivity contribution in [1.29, 1.82) is 0 Å². The molecule has 1 N–H and O–H groups in total. The highest BCUT2D eigenvalue weighted by Crippen LogP contribution is 2.29. The smallest absolute Gasteiger partial charge is 0.252 e. The molecule has 5 heteroatoms. The first-order valence-corrected chi connectivity index (χ1v) is 9.02. The van der Waals surface area contributed by atoms with Crippen LogP contribution in [0.1, 0.15) is 30.5 Å². The summed E-state index contributed by atoms with van der Waals surface area (Å²) in [4.78, 5) is 25.9. The van der Waals surface area contributed by atoms with E-state index in [1.54, 1.807) is 17.7 Å². The number of nitrogens with zero attached hydrogens (tertiary/aromatic N) is 1. The molecule has 0 aliphatic rings. The van der Waals surface area contributed by atoms with Gasteiger partial charge in [0.15, 0.2) is 0 Å². The number of hydrogen-bond donors (Lipinski definition) is 1. The molecular weight excluding hydrogens is 340 g/mol. The van der Waals surface area contributed by atoms with Crippen molar-refractivity contribution in [3.8, 4) is 5.75 Å². The monoisotopic (exact) mass is 364 g/mol. The minimum absolute atomic E-state index is 0.212. The molecule has 27 heavy (non-hydrogen) atoms. The van der Waals surface area contributed by atoms with Gasteiger partial charge in [-0.3, -0.25) is 14.2 Å². The van der Waals surface area contributed by atoms with E-state index in [-0.39, 0.29) is 11.5 Å². The van der Waals surface area contributed by atoms with Crippen molar-refractivity contribution in [2.24, 2.45) is 0 Å². The highest BCUT2D eigenvalue weighted by molar-refractivity contribution is 5.96. The molecule has 140 valence electrons. The lowest BCUT2D eigenvalue weighted by molar-refractivity contribution is -0.119. The Kier molecular flexibility index (Phi) is 5.31. The number of rotatable bonds is 5. The van der Waals surface area contributed by atoms with Gasteiger partial charge in [0.05, 0.1) is 12.6 Å². The van der Waals surface area contributed by atoms with Gasteiger partial charge in [0, 0.05) is 17.1 Å². The summed E-state index contributed by atoms with van der Waals surface area (Å²) in [5.41, 5.74) is 3.07. The first kappa shape index (κ1) is 18.7. The van der Waals surface area contributed by atoms with Gasteiger partial charge in [0.1, 0.15) is 11.8 Å². The zero-order valence-corrected chi connectivity index (χ0v) is 16.1. The van der Waals surface area contributed by atoms with Crippen LogP contribution in [0.2, 0.25) is 0 Å². The third kappa shape index (κ3) is 3.58. The van der Waals surface area contributed by atoms with Crippen LogP contribution in [0.5, 0.6) is 5.75 Å². The third-order valence-electron chi connectivity index (χ3n) is 4.75. The number of benzene rings is 2. The zero-order chi connectivity index (χ0) is 19.6. The molecule has 0 aliphatic heterocycles. The fourth-order valence-electron chi connectivity index (χ4n) is 3.44. The van der Waals surface area contributed by atoms with E-state index in [2.05, 4.69) is 5.32 Å². The second-order valence-electron chi connectivity index (χ2n) is 6.67. The summed E-state index contributed by atoms with van der Waals surface area (Å²) in [7, 11) is 1.57. The number of methoxy groups -OCH3 is 1. The zero-order valence-electron chi connectivity index (χ0n) is 16.1. The van der Waals surface area contributed by atoms with Crippen molar-refractivity contribution in [1.82, 2.24) is 4.57 Å². The summed E-state index contributed by atoms with van der Waals surface area (Å²) < 4.78 is 7.04. The number of ether oxygens (including phenoxy) is 1. The molecule has 1 atom stereocenters. The highest BCUT2D eigenvalue weighted by atomic mass is 16.5. The number of aromatic nitrogens is 1. The van der Waals surface area contributed by atoms with Crippen molar-refractivity contribution < 1.29 is 9.53 Å². The van der Waals surface area contributed by atoms with Gasteiger partial charge in [-0.2, -0.15) is 0 Å². The summed E-state index contributed by atoms with van der Waals surface area (Å²) in [6.45, 7) is 5.76. The predicted octanol–water partition coefficient (Wildman–Crippen LogP) is 4.22. The summed E-state index contributed by atoms with van der Waals surface area (Å²) in [5.74, 6) is 0.358. The maximum absolute atomic E-state index is 13.0. The van der Waals surface area contributed by atoms with E-state index in [1.165, 1.54) is 0 Å². The lowest BCUT2D eigenvalue weighted by Gasteiger charge is -2.22. The summed E-state index contributed by atoms with van der Waals surface area (Å²) >= 11 is 0. The van der Waals surface area contributed by atoms with Gasteiger partial charge in [0.25, 0.3) is 5.56 Å². The maximum Gasteiger partial charge on any atom is 0.252 e. The number of amides is 1. The van der Waals surface area contributed by atoms with Crippen LogP contribution < -0.4 is 15.6 Å². The highest BCUT2D eigenvalue weighted by Gasteiger charge is 2.24. The van der Waals surface area contributed by atoms with Crippen LogP contribution in [0, 0.1) is 13.8 Å². The van der Waals surface area contributed by atoms with Gasteiger partial charge in [-0.15, -0.1) is 0 Å². The van der Waals surface area contributed by atoms with Crippen molar-refractivity contribution in [3.63, 3.8) is 0 Å². The topological polar surface area (TPSA) is 60.3 Å². The number of anilines is 1. The Morgan fingerprint density at radius 2 is 1.89 bits per heavy atom. The number of para-hydroxylation sites is 1. The van der Waals surface area contributed by atoms with E-state index in [0.717, 1.165) is 22.2 Å². The number of carbonyl (C=O) groups is 1. The molecule has 3 aromatic rings. The molecule has 5 nitrogen and oxygen atoms in total. The van der Waals surface area contributed by atoms with Crippen LogP contribution in [0.3, 0.4) is 0 Å². The molecule has 3 rings (SSSR count). The van der Waals surface area contributed by atoms with Gasteiger partial charge < -0.3 is 10.1 Å². The average Bonchev–Trinajstić information content (AvgIpc) is 2.64. The van der Waals surface area contributed by atoms with Crippen LogP contribution in [-0.2, 0) is 4.79 Å². The Balaban J connectivity index is 2.14. The molecule has 1 heterocycles. The van der Waals surface area contributed by atoms with Gasteiger partial charge in [0.2, 0.25) is 5.91 Å². The predicted molar refractivity (Wildman–Crippen MR) is 109 cm³/mol. The van der Waals surface area contributed by atoms with Crippen LogP contribution in [0.25, 0.3) is 10.9 Å². The van der Waals surface area contributed by atoms with Gasteiger partial charge >= 0.3 is 0 Å². The molecular formula is C22H24N2O3. The van der Waals surface area contributed by atoms with Crippen molar-refractivity contribution in [3.05, 3.63) is 70.0 Å². The van der Waals surface area contributed by atoms with Gasteiger partial charge in [-0.25, -0.2) is 0 Å². The number of pyridine rings is 1. The molecule has 2 aromatic carbocycles. The molecule has 1 amide bonds. The Morgan fingerprint density at radius 1 is 1.15 bits per heavy atom. The van der Waals surface area contributed by atoms with Crippen molar-refractivity contribution in [2.75, 3.05) is 12.4 Å². The number of carbonyl (C=O) groups excluding carboxylic acids is 1. The van der Waals surface area contributed by atoms with Crippen LogP contribution >= 0.6 is 0 Å². The van der Waals surface area contributed by atoms with E-state index in [4.69, 9.17) is 4.74 Å². The normalized spacial score (nSPS) is 12.0. The number of fused-ring (bicyclic) bond motifs is 1. The molecule has 1 unspecified atom stereocenters. The first-order chi connectivity index (χ1) is 13.0. The quantitative estimate of drug-likeness (QED) is 0.737. The largest absolute Gasteiger partial charge is 0.495 e. The average molecular weight is 364 g/mol. The Morgan fingerprint density at radius 3 is 2.56 bits per heavy atom. The summed E-state index contributed by atoms with van der Waals surface area (Å²) in [5, 5.41) is 3.84. The Bertz CT molecular complexity index is 1050. The second kappa shape index (κ2) is 7.66. The van der Waals surface area contributed by atoms with Crippen molar-refractivity contribution in [2.45, 2.75) is 33.2 Å². The van der Waals surface area contributed by atoms with Crippen LogP contribution in [-0.4, -0.2) is 17.6 Å². The van der Waals surface area contributed by atoms with Crippen molar-refractivity contribution >= 4 is 22.5 Å². The van der Waals surface area contributed by atoms with Gasteiger partial charge in [-0.05, 0) is 49.6 Å². The summed E-state index contributed by atoms with van der Waals surface area (Å²) in [6.07, 6.45) is 0.480. The fraction of sp³-hybridized carbons (Fsp3) is 0.273. The molecule has 0 radical (unpaired) electrons. The lowest BCUT2D eigenvalue weighted by Crippen LogP contribution is -2.33. The maximum atomic E-state index is 13.0. The van der Waals surface area contributed by atoms with Gasteiger partial charge in [-0.1, -0.05) is 31.2 Å². The molecule has 0 saturated carbocycles. The molecule has 0 bridgehead atoms. The van der Waals surface area contributed by atoms with E-state index >= 15 is 0 Å². The SMILES string of the molecule is CCC(C(=O)Nc1cccc(C)c1)n1c(=O)cc(C)c2cccc(OC)c21. The van der Waals surface area contributed by atoms with Crippen LogP contribution in [0.15, 0.2) is 53.3 Å². The standard InChI is InChI=1S/C22H24N2O3/c1-5-18(22(26)23-16-9-6-8-14(2)12-16)24-20(25)13-15(3)17-10-7-11-19(27-4)21(17)24/h6-13,18H,5H2,1-4H3,(H,23,26). The number of aryl methyl sites for hydroxylation is 2. The Hall–Kier alpha value is -3.08. The fourth-order valence-corrected chi connectivity index (χ4v) is 3.44. The van der Waals surface area contributed by atoms with E-state index < -0.39 is 6.04 Å². The molecule has 0 aliphatic carbocycles. The minimum atomic E-state index is -0.641. The number of nitrogens with one attached hydrogen (secondary N) is 1. The first-order valence-electron chi connectivity index (χ1n) is 9.02. The molecule has 1 aromatic heterocycles. The molecule has 0 spiro atoms. The van der Waals surface area contributed by atoms with E-state index in [0.29, 0.717) is 17.7 Å². The minimum Gasteiger partial charge on any atom is -0.495 e. The molecule has 0 saturated heterocycles. The lowest BCUT2D eigenvalue weighted by atomic mass is 10.1. The van der Waals surface area contributed by atoms with E-state index in [9.17, 15) is 9.59 Å². The second-order valence-corrected chi connectivity index (χ2v) is 6.67. The van der Waals surface area contributed by atoms with E-state index in [1.807, 2.05) is 63.2 Å². The summed E-state index contributed by atoms with van der Waals surface area (Å²) in [6, 6.07) is 14.2. The number of hydrogen-bond acceptors (Lipinski definition) is 3.